The predicted octanol–water partition coefficient (Wildman–Crippen LogP) is 3.96. The number of halogens is 1. The van der Waals surface area contributed by atoms with Crippen molar-refractivity contribution in [1.29, 1.82) is 0 Å². The quantitative estimate of drug-likeness (QED) is 0.744. The van der Waals surface area contributed by atoms with Crippen molar-refractivity contribution in [2.24, 2.45) is 0 Å². The van der Waals surface area contributed by atoms with Gasteiger partial charge in [-0.25, -0.2) is 0 Å². The topological polar surface area (TPSA) is 38.8 Å². The summed E-state index contributed by atoms with van der Waals surface area (Å²) in [7, 11) is 0. The van der Waals surface area contributed by atoms with Gasteiger partial charge in [0.2, 0.25) is 5.91 Å². The number of nitrogens with one attached hydrogen (secondary N) is 1. The first-order valence-corrected chi connectivity index (χ1v) is 11.7. The predicted molar refractivity (Wildman–Crippen MR) is 126 cm³/mol. The van der Waals surface area contributed by atoms with Crippen molar-refractivity contribution in [2.75, 3.05) is 32.7 Å². The smallest absolute Gasteiger partial charge is 0.219 e. The fourth-order valence-corrected chi connectivity index (χ4v) is 5.07. The zero-order valence-corrected chi connectivity index (χ0v) is 19.3. The zero-order valence-electron chi connectivity index (χ0n) is 17.8. The van der Waals surface area contributed by atoms with Gasteiger partial charge in [-0.15, -0.1) is 11.8 Å². The molecule has 1 fully saturated rings. The van der Waals surface area contributed by atoms with Crippen LogP contribution in [0, 0.1) is 0 Å². The number of amides is 1. The van der Waals surface area contributed by atoms with Crippen LogP contribution in [0.15, 0.2) is 53.2 Å². The molecule has 1 atom stereocenters. The van der Waals surface area contributed by atoms with E-state index in [1.807, 2.05) is 28.8 Å². The second-order valence-corrected chi connectivity index (χ2v) is 10.3. The lowest BCUT2D eigenvalue weighted by Crippen LogP contribution is -2.49. The normalized spacial score (nSPS) is 21.8. The van der Waals surface area contributed by atoms with Crippen LogP contribution in [0.1, 0.15) is 26.3 Å². The van der Waals surface area contributed by atoms with Crippen LogP contribution >= 0.6 is 23.4 Å². The number of hydrogen-bond acceptors (Lipinski definition) is 5. The molecule has 4 rings (SSSR count). The SMILES string of the molecule is CC(=O)N1CCN(CC2=C(c3ccc(Cl)cc3)NC3C=CC(SC(C)C)=CN23)CC1. The fraction of sp³-hybridized carbons (Fsp3) is 0.435. The van der Waals surface area contributed by atoms with Crippen molar-refractivity contribution in [3.63, 3.8) is 0 Å². The number of fused-ring (bicyclic) bond motifs is 1. The van der Waals surface area contributed by atoms with Gasteiger partial charge in [0, 0.05) is 61.0 Å². The summed E-state index contributed by atoms with van der Waals surface area (Å²) in [5.74, 6) is 0.165. The van der Waals surface area contributed by atoms with Gasteiger partial charge in [-0.3, -0.25) is 9.69 Å². The van der Waals surface area contributed by atoms with Crippen LogP contribution in [0.3, 0.4) is 0 Å². The van der Waals surface area contributed by atoms with Gasteiger partial charge in [-0.1, -0.05) is 37.6 Å². The Morgan fingerprint density at radius 2 is 1.90 bits per heavy atom. The Kier molecular flexibility index (Phi) is 6.46. The molecule has 3 aliphatic rings. The number of piperazine rings is 1. The molecule has 3 heterocycles. The Hall–Kier alpha value is -1.89. The Balaban J connectivity index is 1.61. The summed E-state index contributed by atoms with van der Waals surface area (Å²) in [5, 5.41) is 4.98. The Morgan fingerprint density at radius 3 is 2.53 bits per heavy atom. The third-order valence-electron chi connectivity index (χ3n) is 5.60. The molecule has 3 aliphatic heterocycles. The lowest BCUT2D eigenvalue weighted by atomic mass is 10.1. The molecule has 0 bridgehead atoms. The number of carbonyl (C=O) groups excluding carboxylic acids is 1. The highest BCUT2D eigenvalue weighted by Crippen LogP contribution is 2.35. The molecule has 1 saturated heterocycles. The summed E-state index contributed by atoms with van der Waals surface area (Å²) in [6.45, 7) is 10.3. The van der Waals surface area contributed by atoms with Crippen LogP contribution in [0.25, 0.3) is 5.70 Å². The molecule has 0 aliphatic carbocycles. The van der Waals surface area contributed by atoms with Crippen LogP contribution in [0.2, 0.25) is 5.02 Å². The van der Waals surface area contributed by atoms with E-state index in [1.165, 1.54) is 10.6 Å². The van der Waals surface area contributed by atoms with Gasteiger partial charge in [0.25, 0.3) is 0 Å². The average molecular weight is 445 g/mol. The molecular weight excluding hydrogens is 416 g/mol. The van der Waals surface area contributed by atoms with E-state index in [4.69, 9.17) is 11.6 Å². The van der Waals surface area contributed by atoms with Gasteiger partial charge in [0.15, 0.2) is 0 Å². The van der Waals surface area contributed by atoms with E-state index in [2.05, 4.69) is 59.4 Å². The highest BCUT2D eigenvalue weighted by molar-refractivity contribution is 8.03. The third-order valence-corrected chi connectivity index (χ3v) is 6.83. The van der Waals surface area contributed by atoms with E-state index >= 15 is 0 Å². The average Bonchev–Trinajstić information content (AvgIpc) is 3.06. The van der Waals surface area contributed by atoms with E-state index in [9.17, 15) is 4.79 Å². The van der Waals surface area contributed by atoms with Crippen molar-refractivity contribution in [3.8, 4) is 0 Å². The number of rotatable bonds is 5. The highest BCUT2D eigenvalue weighted by atomic mass is 35.5. The van der Waals surface area contributed by atoms with Gasteiger partial charge in [0.1, 0.15) is 6.17 Å². The number of allylic oxidation sites excluding steroid dienone is 1. The number of carbonyl (C=O) groups is 1. The zero-order chi connectivity index (χ0) is 21.3. The van der Waals surface area contributed by atoms with E-state index in [0.717, 1.165) is 49.0 Å². The molecular formula is C23H29ClN4OS. The van der Waals surface area contributed by atoms with Gasteiger partial charge in [0.05, 0.1) is 11.4 Å². The first kappa shape index (κ1) is 21.3. The summed E-state index contributed by atoms with van der Waals surface area (Å²) >= 11 is 8.01. The molecule has 1 amide bonds. The standard InChI is InChI=1S/C23H29ClN4OS/c1-16(2)30-20-8-9-22-25-23(18-4-6-19(24)7-5-18)21(28(22)14-20)15-26-10-12-27(13-11-26)17(3)29/h4-9,14,16,22,25H,10-13,15H2,1-3H3. The van der Waals surface area contributed by atoms with Crippen molar-refractivity contribution in [3.05, 3.63) is 63.8 Å². The molecule has 5 nitrogen and oxygen atoms in total. The Bertz CT molecular complexity index is 885. The van der Waals surface area contributed by atoms with Gasteiger partial charge >= 0.3 is 0 Å². The summed E-state index contributed by atoms with van der Waals surface area (Å²) in [4.78, 5) is 19.7. The van der Waals surface area contributed by atoms with Gasteiger partial charge in [-0.2, -0.15) is 0 Å². The third kappa shape index (κ3) is 4.71. The molecule has 30 heavy (non-hydrogen) atoms. The maximum atomic E-state index is 11.7. The number of hydrogen-bond donors (Lipinski definition) is 1. The minimum atomic E-state index is 0.126. The summed E-state index contributed by atoms with van der Waals surface area (Å²) in [6.07, 6.45) is 6.85. The van der Waals surface area contributed by atoms with Crippen molar-refractivity contribution in [2.45, 2.75) is 32.2 Å². The second-order valence-electron chi connectivity index (χ2n) is 8.16. The molecule has 1 aromatic rings. The van der Waals surface area contributed by atoms with Crippen LogP contribution in [-0.4, -0.2) is 64.7 Å². The molecule has 1 unspecified atom stereocenters. The maximum Gasteiger partial charge on any atom is 0.219 e. The highest BCUT2D eigenvalue weighted by Gasteiger charge is 2.33. The minimum absolute atomic E-state index is 0.126. The minimum Gasteiger partial charge on any atom is -0.360 e. The second kappa shape index (κ2) is 9.08. The molecule has 0 aromatic heterocycles. The molecule has 0 radical (unpaired) electrons. The fourth-order valence-electron chi connectivity index (χ4n) is 4.06. The van der Waals surface area contributed by atoms with E-state index < -0.39 is 0 Å². The first-order chi connectivity index (χ1) is 14.4. The summed E-state index contributed by atoms with van der Waals surface area (Å²) < 4.78 is 0. The lowest BCUT2D eigenvalue weighted by molar-refractivity contribution is -0.130. The van der Waals surface area contributed by atoms with Gasteiger partial charge < -0.3 is 15.1 Å². The van der Waals surface area contributed by atoms with Crippen LogP contribution in [0.4, 0.5) is 0 Å². The summed E-state index contributed by atoms with van der Waals surface area (Å²) in [5.41, 5.74) is 3.57. The van der Waals surface area contributed by atoms with Gasteiger partial charge in [-0.05, 0) is 29.8 Å². The molecule has 0 saturated carbocycles. The number of nitrogens with zero attached hydrogens (tertiary/aromatic N) is 3. The van der Waals surface area contributed by atoms with E-state index in [1.54, 1.807) is 6.92 Å². The first-order valence-electron chi connectivity index (χ1n) is 10.5. The molecule has 160 valence electrons. The molecule has 0 spiro atoms. The van der Waals surface area contributed by atoms with Crippen LogP contribution in [-0.2, 0) is 4.79 Å². The van der Waals surface area contributed by atoms with Crippen molar-refractivity contribution in [1.82, 2.24) is 20.0 Å². The molecule has 1 N–H and O–H groups in total. The van der Waals surface area contributed by atoms with Crippen molar-refractivity contribution < 1.29 is 4.79 Å². The summed E-state index contributed by atoms with van der Waals surface area (Å²) in [6, 6.07) is 8.04. The van der Waals surface area contributed by atoms with Crippen LogP contribution < -0.4 is 5.32 Å². The maximum absolute atomic E-state index is 11.7. The Morgan fingerprint density at radius 1 is 1.20 bits per heavy atom. The number of benzene rings is 1. The number of thioether (sulfide) groups is 1. The van der Waals surface area contributed by atoms with E-state index in [-0.39, 0.29) is 12.1 Å². The molecule has 1 aromatic carbocycles. The Labute approximate surface area is 188 Å². The van der Waals surface area contributed by atoms with E-state index in [0.29, 0.717) is 5.25 Å². The lowest BCUT2D eigenvalue weighted by Gasteiger charge is -2.36. The molecule has 7 heteroatoms. The largest absolute Gasteiger partial charge is 0.360 e. The van der Waals surface area contributed by atoms with Crippen LogP contribution in [0.5, 0.6) is 0 Å². The van der Waals surface area contributed by atoms with Crippen molar-refractivity contribution >= 4 is 35.0 Å². The monoisotopic (exact) mass is 444 g/mol.